The van der Waals surface area contributed by atoms with Crippen molar-refractivity contribution in [3.63, 3.8) is 0 Å². The Morgan fingerprint density at radius 3 is 2.52 bits per heavy atom. The monoisotopic (exact) mass is 380 g/mol. The van der Waals surface area contributed by atoms with Gasteiger partial charge in [0, 0.05) is 5.92 Å². The second-order valence-electron chi connectivity index (χ2n) is 6.24. The zero-order valence-corrected chi connectivity index (χ0v) is 14.8. The lowest BCUT2D eigenvalue weighted by atomic mass is 9.94. The molecule has 1 unspecified atom stereocenters. The van der Waals surface area contributed by atoms with E-state index in [9.17, 15) is 18.0 Å². The Hall–Kier alpha value is -1.47. The van der Waals surface area contributed by atoms with Gasteiger partial charge in [0.15, 0.2) is 6.61 Å². The Balaban J connectivity index is 0.00000312. The summed E-state index contributed by atoms with van der Waals surface area (Å²) in [7, 11) is 0. The van der Waals surface area contributed by atoms with Gasteiger partial charge in [-0.25, -0.2) is 0 Å². The van der Waals surface area contributed by atoms with Crippen molar-refractivity contribution in [2.75, 3.05) is 13.2 Å². The standard InChI is InChI=1S/C17H23F3N2O2.ClH/c1-11(22-16(23)15-4-2-3-13(15)9-21)12-5-7-14(8-6-12)24-10-17(18,19)20;/h5-8,11,13,15H,2-4,9-10,21H2,1H3,(H,22,23);1H/t11?,13-,15-;/m1./s1. The lowest BCUT2D eigenvalue weighted by molar-refractivity contribution is -0.153. The second kappa shape index (κ2) is 9.29. The van der Waals surface area contributed by atoms with Crippen LogP contribution in [0.1, 0.15) is 37.8 Å². The van der Waals surface area contributed by atoms with Crippen LogP contribution in [0.4, 0.5) is 13.2 Å². The summed E-state index contributed by atoms with van der Waals surface area (Å²) in [6, 6.07) is 6.04. The SMILES string of the molecule is CC(NC(=O)[C@@H]1CCC[C@@H]1CN)c1ccc(OCC(F)(F)F)cc1.Cl. The number of carbonyl (C=O) groups is 1. The largest absolute Gasteiger partial charge is 0.484 e. The molecule has 0 aromatic heterocycles. The van der Waals surface area contributed by atoms with E-state index in [0.717, 1.165) is 24.8 Å². The molecular weight excluding hydrogens is 357 g/mol. The van der Waals surface area contributed by atoms with Crippen LogP contribution in [-0.4, -0.2) is 25.2 Å². The highest BCUT2D eigenvalue weighted by atomic mass is 35.5. The van der Waals surface area contributed by atoms with Gasteiger partial charge in [0.05, 0.1) is 6.04 Å². The highest BCUT2D eigenvalue weighted by Gasteiger charge is 2.32. The Labute approximate surface area is 151 Å². The summed E-state index contributed by atoms with van der Waals surface area (Å²) in [5.74, 6) is 0.323. The van der Waals surface area contributed by atoms with E-state index in [1.165, 1.54) is 12.1 Å². The second-order valence-corrected chi connectivity index (χ2v) is 6.24. The van der Waals surface area contributed by atoms with Crippen molar-refractivity contribution < 1.29 is 22.7 Å². The van der Waals surface area contributed by atoms with Crippen LogP contribution in [0.3, 0.4) is 0 Å². The van der Waals surface area contributed by atoms with E-state index < -0.39 is 12.8 Å². The van der Waals surface area contributed by atoms with E-state index in [0.29, 0.717) is 6.54 Å². The van der Waals surface area contributed by atoms with Crippen LogP contribution >= 0.6 is 12.4 Å². The molecule has 8 heteroatoms. The van der Waals surface area contributed by atoms with Crippen molar-refractivity contribution in [3.05, 3.63) is 29.8 Å². The smallest absolute Gasteiger partial charge is 0.422 e. The summed E-state index contributed by atoms with van der Waals surface area (Å²) < 4.78 is 41.0. The number of amides is 1. The fourth-order valence-corrected chi connectivity index (χ4v) is 3.09. The van der Waals surface area contributed by atoms with Gasteiger partial charge in [-0.1, -0.05) is 18.6 Å². The van der Waals surface area contributed by atoms with Gasteiger partial charge in [0.1, 0.15) is 5.75 Å². The van der Waals surface area contributed by atoms with Crippen LogP contribution < -0.4 is 15.8 Å². The fraction of sp³-hybridized carbons (Fsp3) is 0.588. The van der Waals surface area contributed by atoms with Crippen LogP contribution in [0.2, 0.25) is 0 Å². The highest BCUT2D eigenvalue weighted by molar-refractivity contribution is 5.85. The molecule has 4 nitrogen and oxygen atoms in total. The molecule has 142 valence electrons. The van der Waals surface area contributed by atoms with Gasteiger partial charge in [-0.15, -0.1) is 12.4 Å². The molecule has 0 radical (unpaired) electrons. The summed E-state index contributed by atoms with van der Waals surface area (Å²) >= 11 is 0. The summed E-state index contributed by atoms with van der Waals surface area (Å²) in [5.41, 5.74) is 6.52. The van der Waals surface area contributed by atoms with Crippen LogP contribution in [-0.2, 0) is 4.79 Å². The van der Waals surface area contributed by atoms with Crippen molar-refractivity contribution in [1.29, 1.82) is 0 Å². The molecule has 2 rings (SSSR count). The minimum absolute atomic E-state index is 0. The molecule has 0 aliphatic heterocycles. The molecule has 0 heterocycles. The molecule has 3 atom stereocenters. The van der Waals surface area contributed by atoms with Gasteiger partial charge < -0.3 is 15.8 Å². The first-order valence-electron chi connectivity index (χ1n) is 8.10. The Bertz CT molecular complexity index is 552. The minimum Gasteiger partial charge on any atom is -0.484 e. The molecule has 25 heavy (non-hydrogen) atoms. The van der Waals surface area contributed by atoms with Crippen molar-refractivity contribution in [2.24, 2.45) is 17.6 Å². The molecule has 1 amide bonds. The number of carbonyl (C=O) groups excluding carboxylic acids is 1. The molecule has 1 aromatic rings. The Kier molecular flexibility index (Phi) is 8.02. The first-order valence-corrected chi connectivity index (χ1v) is 8.10. The number of hydrogen-bond donors (Lipinski definition) is 2. The molecule has 0 bridgehead atoms. The zero-order valence-electron chi connectivity index (χ0n) is 14.0. The first-order chi connectivity index (χ1) is 11.3. The third-order valence-corrected chi connectivity index (χ3v) is 4.44. The Morgan fingerprint density at radius 1 is 1.32 bits per heavy atom. The average Bonchev–Trinajstić information content (AvgIpc) is 3.01. The van der Waals surface area contributed by atoms with Crippen LogP contribution in [0.5, 0.6) is 5.75 Å². The first kappa shape index (κ1) is 21.6. The van der Waals surface area contributed by atoms with Gasteiger partial charge in [0.25, 0.3) is 0 Å². The van der Waals surface area contributed by atoms with Gasteiger partial charge in [-0.2, -0.15) is 13.2 Å². The molecule has 1 aliphatic rings. The number of hydrogen-bond acceptors (Lipinski definition) is 3. The normalized spacial score (nSPS) is 21.3. The number of rotatable bonds is 6. The minimum atomic E-state index is -4.36. The van der Waals surface area contributed by atoms with E-state index in [1.807, 2.05) is 6.92 Å². The number of benzene rings is 1. The number of ether oxygens (including phenoxy) is 1. The van der Waals surface area contributed by atoms with Crippen molar-refractivity contribution in [3.8, 4) is 5.75 Å². The quantitative estimate of drug-likeness (QED) is 0.792. The van der Waals surface area contributed by atoms with Gasteiger partial charge in [-0.05, 0) is 49.9 Å². The number of halogens is 4. The maximum atomic E-state index is 12.4. The predicted molar refractivity (Wildman–Crippen MR) is 91.7 cm³/mol. The van der Waals surface area contributed by atoms with Gasteiger partial charge >= 0.3 is 6.18 Å². The highest BCUT2D eigenvalue weighted by Crippen LogP contribution is 2.31. The number of nitrogens with one attached hydrogen (secondary N) is 1. The van der Waals surface area contributed by atoms with E-state index in [1.54, 1.807) is 12.1 Å². The van der Waals surface area contributed by atoms with Crippen molar-refractivity contribution in [1.82, 2.24) is 5.32 Å². The van der Waals surface area contributed by atoms with Crippen molar-refractivity contribution in [2.45, 2.75) is 38.4 Å². The van der Waals surface area contributed by atoms with E-state index >= 15 is 0 Å². The lowest BCUT2D eigenvalue weighted by Gasteiger charge is -2.21. The third kappa shape index (κ3) is 6.40. The number of alkyl halides is 3. The maximum Gasteiger partial charge on any atom is 0.422 e. The third-order valence-electron chi connectivity index (χ3n) is 4.44. The number of nitrogens with two attached hydrogens (primary N) is 1. The lowest BCUT2D eigenvalue weighted by Crippen LogP contribution is -2.36. The maximum absolute atomic E-state index is 12.4. The summed E-state index contributed by atoms with van der Waals surface area (Å²) in [4.78, 5) is 12.4. The van der Waals surface area contributed by atoms with Crippen LogP contribution in [0, 0.1) is 11.8 Å². The van der Waals surface area contributed by atoms with Gasteiger partial charge in [-0.3, -0.25) is 4.79 Å². The molecule has 1 aliphatic carbocycles. The van der Waals surface area contributed by atoms with E-state index in [2.05, 4.69) is 10.1 Å². The van der Waals surface area contributed by atoms with Crippen LogP contribution in [0.15, 0.2) is 24.3 Å². The summed E-state index contributed by atoms with van der Waals surface area (Å²) in [6.45, 7) is 1.04. The van der Waals surface area contributed by atoms with E-state index in [4.69, 9.17) is 5.73 Å². The molecule has 1 fully saturated rings. The average molecular weight is 381 g/mol. The molecule has 1 aromatic carbocycles. The van der Waals surface area contributed by atoms with Crippen LogP contribution in [0.25, 0.3) is 0 Å². The van der Waals surface area contributed by atoms with Crippen molar-refractivity contribution >= 4 is 18.3 Å². The summed E-state index contributed by atoms with van der Waals surface area (Å²) in [6.07, 6.45) is -1.51. The fourth-order valence-electron chi connectivity index (χ4n) is 3.09. The molecular formula is C17H24ClF3N2O2. The molecule has 1 saturated carbocycles. The molecule has 0 spiro atoms. The predicted octanol–water partition coefficient (Wildman–Crippen LogP) is 3.60. The van der Waals surface area contributed by atoms with Gasteiger partial charge in [0.2, 0.25) is 5.91 Å². The zero-order chi connectivity index (χ0) is 17.7. The molecule has 3 N–H and O–H groups in total. The topological polar surface area (TPSA) is 64.4 Å². The summed E-state index contributed by atoms with van der Waals surface area (Å²) in [5, 5.41) is 2.96. The Morgan fingerprint density at radius 2 is 1.96 bits per heavy atom. The molecule has 0 saturated heterocycles. The van der Waals surface area contributed by atoms with E-state index in [-0.39, 0.29) is 41.9 Å².